The van der Waals surface area contributed by atoms with Crippen LogP contribution in [0.25, 0.3) is 0 Å². The molecule has 2 rings (SSSR count). The van der Waals surface area contributed by atoms with Gasteiger partial charge in [-0.3, -0.25) is 14.3 Å². The van der Waals surface area contributed by atoms with Crippen LogP contribution >= 0.6 is 0 Å². The van der Waals surface area contributed by atoms with Gasteiger partial charge < -0.3 is 14.9 Å². The minimum Gasteiger partial charge on any atom is -0.393 e. The lowest BCUT2D eigenvalue weighted by atomic mass is 10.0. The highest BCUT2D eigenvalue weighted by molar-refractivity contribution is 4.90. The van der Waals surface area contributed by atoms with E-state index in [9.17, 15) is 9.59 Å². The number of H-pyrrole nitrogens is 1. The van der Waals surface area contributed by atoms with Crippen LogP contribution in [0.15, 0.2) is 21.9 Å². The van der Waals surface area contributed by atoms with Crippen LogP contribution in [-0.4, -0.2) is 38.6 Å². The molecule has 1 aromatic heterocycles. The van der Waals surface area contributed by atoms with Gasteiger partial charge in [-0.05, 0) is 12.8 Å². The Morgan fingerprint density at radius 1 is 1.47 bits per heavy atom. The molecule has 1 aliphatic heterocycles. The van der Waals surface area contributed by atoms with Gasteiger partial charge in [-0.25, -0.2) is 4.79 Å². The third-order valence-corrected chi connectivity index (χ3v) is 2.97. The number of aromatic amines is 1. The second kappa shape index (κ2) is 4.44. The minimum atomic E-state index is -1.000. The average Bonchev–Trinajstić information content (AvgIpc) is 2.74. The first-order valence-electron chi connectivity index (χ1n) is 5.31. The molecular weight excluding hydrogens is 228 g/mol. The molecule has 17 heavy (non-hydrogen) atoms. The molecule has 1 fully saturated rings. The number of hydrogen-bond donors (Lipinski definition) is 3. The van der Waals surface area contributed by atoms with Gasteiger partial charge in [0.2, 0.25) is 0 Å². The van der Waals surface area contributed by atoms with Crippen LogP contribution in [0.5, 0.6) is 0 Å². The van der Waals surface area contributed by atoms with E-state index in [2.05, 4.69) is 4.98 Å². The number of rotatable bonds is 3. The van der Waals surface area contributed by atoms with Crippen LogP contribution in [0.1, 0.15) is 19.1 Å². The van der Waals surface area contributed by atoms with Crippen molar-refractivity contribution in [3.05, 3.63) is 33.1 Å². The number of aliphatic hydroxyl groups is 2. The van der Waals surface area contributed by atoms with Crippen LogP contribution in [0.3, 0.4) is 0 Å². The second-order valence-electron chi connectivity index (χ2n) is 4.13. The van der Waals surface area contributed by atoms with Crippen molar-refractivity contribution >= 4 is 0 Å². The van der Waals surface area contributed by atoms with Gasteiger partial charge in [-0.1, -0.05) is 0 Å². The maximum absolute atomic E-state index is 11.5. The van der Waals surface area contributed by atoms with Crippen LogP contribution in [-0.2, 0) is 4.74 Å². The average molecular weight is 242 g/mol. The van der Waals surface area contributed by atoms with Gasteiger partial charge in [0.15, 0.2) is 0 Å². The van der Waals surface area contributed by atoms with E-state index in [1.54, 1.807) is 0 Å². The molecule has 3 N–H and O–H groups in total. The number of nitrogens with one attached hydrogen (secondary N) is 1. The maximum Gasteiger partial charge on any atom is 0.330 e. The Bertz CT molecular complexity index is 502. The topological polar surface area (TPSA) is 105 Å². The zero-order valence-electron chi connectivity index (χ0n) is 9.13. The largest absolute Gasteiger partial charge is 0.393 e. The fourth-order valence-electron chi connectivity index (χ4n) is 1.93. The van der Waals surface area contributed by atoms with Gasteiger partial charge in [-0.15, -0.1) is 0 Å². The van der Waals surface area contributed by atoms with E-state index in [0.29, 0.717) is 12.8 Å². The summed E-state index contributed by atoms with van der Waals surface area (Å²) in [5.74, 6) is 0. The van der Waals surface area contributed by atoms with Crippen molar-refractivity contribution in [3.8, 4) is 0 Å². The van der Waals surface area contributed by atoms with Crippen LogP contribution < -0.4 is 11.2 Å². The number of hydrogen-bond acceptors (Lipinski definition) is 5. The Labute approximate surface area is 96.3 Å². The summed E-state index contributed by atoms with van der Waals surface area (Å²) >= 11 is 0. The van der Waals surface area contributed by atoms with Crippen molar-refractivity contribution in [2.75, 3.05) is 13.2 Å². The molecule has 1 aromatic rings. The summed E-state index contributed by atoms with van der Waals surface area (Å²) in [7, 11) is 0. The Kier molecular flexibility index (Phi) is 3.14. The quantitative estimate of drug-likeness (QED) is 0.602. The monoisotopic (exact) mass is 242 g/mol. The summed E-state index contributed by atoms with van der Waals surface area (Å²) in [4.78, 5) is 24.6. The van der Waals surface area contributed by atoms with E-state index in [-0.39, 0.29) is 13.2 Å². The predicted octanol–water partition coefficient (Wildman–Crippen LogP) is -1.43. The summed E-state index contributed by atoms with van der Waals surface area (Å²) in [6, 6.07) is 1.22. The van der Waals surface area contributed by atoms with Crippen molar-refractivity contribution in [2.45, 2.75) is 24.7 Å². The number of aromatic nitrogens is 2. The van der Waals surface area contributed by atoms with Gasteiger partial charge in [0.05, 0.1) is 13.2 Å². The summed E-state index contributed by atoms with van der Waals surface area (Å²) in [5, 5.41) is 18.3. The maximum atomic E-state index is 11.5. The molecule has 0 unspecified atom stereocenters. The van der Waals surface area contributed by atoms with Gasteiger partial charge in [0.1, 0.15) is 11.8 Å². The summed E-state index contributed by atoms with van der Waals surface area (Å²) < 4.78 is 6.74. The zero-order chi connectivity index (χ0) is 12.5. The molecule has 1 atom stereocenters. The van der Waals surface area contributed by atoms with E-state index in [0.717, 1.165) is 0 Å². The first-order valence-corrected chi connectivity index (χ1v) is 5.31. The predicted molar refractivity (Wildman–Crippen MR) is 57.6 cm³/mol. The van der Waals surface area contributed by atoms with Crippen LogP contribution in [0.2, 0.25) is 0 Å². The first-order chi connectivity index (χ1) is 8.10. The molecule has 0 aliphatic carbocycles. The van der Waals surface area contributed by atoms with Crippen molar-refractivity contribution in [2.24, 2.45) is 0 Å². The lowest BCUT2D eigenvalue weighted by Crippen LogP contribution is -2.38. The smallest absolute Gasteiger partial charge is 0.330 e. The van der Waals surface area contributed by atoms with Gasteiger partial charge >= 0.3 is 5.69 Å². The Balaban J connectivity index is 2.26. The van der Waals surface area contributed by atoms with Gasteiger partial charge in [-0.2, -0.15) is 0 Å². The lowest BCUT2D eigenvalue weighted by molar-refractivity contribution is -0.122. The SMILES string of the molecule is O=c1ccn([C@@H]2CCC(CO)(CO)O2)c(=O)[nH]1. The van der Waals surface area contributed by atoms with Crippen molar-refractivity contribution in [1.29, 1.82) is 0 Å². The van der Waals surface area contributed by atoms with E-state index in [4.69, 9.17) is 14.9 Å². The summed E-state index contributed by atoms with van der Waals surface area (Å²) in [5.41, 5.74) is -2.03. The van der Waals surface area contributed by atoms with Gasteiger partial charge in [0.25, 0.3) is 5.56 Å². The molecular formula is C10H14N2O5. The number of ether oxygens (including phenoxy) is 1. The van der Waals surface area contributed by atoms with Crippen molar-refractivity contribution in [3.63, 3.8) is 0 Å². The summed E-state index contributed by atoms with van der Waals surface area (Å²) in [6.45, 7) is -0.615. The highest BCUT2D eigenvalue weighted by Gasteiger charge is 2.40. The Morgan fingerprint density at radius 2 is 2.18 bits per heavy atom. The van der Waals surface area contributed by atoms with Crippen LogP contribution in [0.4, 0.5) is 0 Å². The van der Waals surface area contributed by atoms with Crippen LogP contribution in [0, 0.1) is 0 Å². The molecule has 1 saturated heterocycles. The molecule has 2 heterocycles. The second-order valence-corrected chi connectivity index (χ2v) is 4.13. The lowest BCUT2D eigenvalue weighted by Gasteiger charge is -2.24. The zero-order valence-corrected chi connectivity index (χ0v) is 9.13. The molecule has 7 heteroatoms. The van der Waals surface area contributed by atoms with E-state index >= 15 is 0 Å². The normalized spacial score (nSPS) is 22.8. The molecule has 94 valence electrons. The Hall–Kier alpha value is -1.44. The van der Waals surface area contributed by atoms with Gasteiger partial charge in [0, 0.05) is 12.3 Å². The molecule has 0 aromatic carbocycles. The highest BCUT2D eigenvalue weighted by atomic mass is 16.5. The molecule has 0 spiro atoms. The molecule has 7 nitrogen and oxygen atoms in total. The fourth-order valence-corrected chi connectivity index (χ4v) is 1.93. The summed E-state index contributed by atoms with van der Waals surface area (Å²) in [6.07, 6.45) is 1.72. The van der Waals surface area contributed by atoms with E-state index in [1.807, 2.05) is 0 Å². The molecule has 0 amide bonds. The molecule has 1 aliphatic rings. The number of aliphatic hydroxyl groups excluding tert-OH is 2. The molecule has 0 radical (unpaired) electrons. The standard InChI is InChI=1S/C10H14N2O5/c13-5-10(6-14)3-1-8(17-10)12-4-2-7(15)11-9(12)16/h2,4,8,13-14H,1,3,5-6H2,(H,11,15,16)/t8-/m0/s1. The van der Waals surface area contributed by atoms with E-state index in [1.165, 1.54) is 16.8 Å². The minimum absolute atomic E-state index is 0.307. The van der Waals surface area contributed by atoms with E-state index < -0.39 is 23.1 Å². The van der Waals surface area contributed by atoms with Crippen molar-refractivity contribution < 1.29 is 14.9 Å². The Morgan fingerprint density at radius 3 is 2.71 bits per heavy atom. The third-order valence-electron chi connectivity index (χ3n) is 2.97. The van der Waals surface area contributed by atoms with Crippen molar-refractivity contribution in [1.82, 2.24) is 9.55 Å². The third kappa shape index (κ3) is 2.17. The number of nitrogens with zero attached hydrogens (tertiary/aromatic N) is 1. The molecule has 0 bridgehead atoms. The first kappa shape index (κ1) is 12.0. The molecule has 0 saturated carbocycles. The highest BCUT2D eigenvalue weighted by Crippen LogP contribution is 2.34. The fraction of sp³-hybridized carbons (Fsp3) is 0.600.